The Morgan fingerprint density at radius 3 is 2.70 bits per heavy atom. The lowest BCUT2D eigenvalue weighted by atomic mass is 10.2. The highest BCUT2D eigenvalue weighted by Crippen LogP contribution is 2.03. The van der Waals surface area contributed by atoms with Crippen molar-refractivity contribution in [3.8, 4) is 0 Å². The molecule has 0 spiro atoms. The maximum Gasteiger partial charge on any atom is 0.239 e. The van der Waals surface area contributed by atoms with E-state index in [2.05, 4.69) is 22.2 Å². The number of hydrogen-bond donors (Lipinski definition) is 1. The average Bonchev–Trinajstić information content (AvgIpc) is 2.99. The molecule has 0 aromatic carbocycles. The summed E-state index contributed by atoms with van der Waals surface area (Å²) in [4.78, 5) is 16.7. The van der Waals surface area contributed by atoms with Crippen LogP contribution in [0.1, 0.15) is 13.8 Å². The lowest BCUT2D eigenvalue weighted by Crippen LogP contribution is -2.53. The van der Waals surface area contributed by atoms with E-state index in [1.54, 1.807) is 6.20 Å². The number of carbonyl (C=O) groups is 1. The second-order valence-corrected chi connectivity index (χ2v) is 5.20. The highest BCUT2D eigenvalue weighted by Gasteiger charge is 2.23. The number of piperazine rings is 1. The van der Waals surface area contributed by atoms with Crippen molar-refractivity contribution < 1.29 is 4.79 Å². The van der Waals surface area contributed by atoms with Crippen LogP contribution in [0.15, 0.2) is 18.5 Å². The Morgan fingerprint density at radius 2 is 2.10 bits per heavy atom. The van der Waals surface area contributed by atoms with Crippen molar-refractivity contribution in [2.24, 2.45) is 0 Å². The van der Waals surface area contributed by atoms with E-state index < -0.39 is 0 Å². The summed E-state index contributed by atoms with van der Waals surface area (Å²) in [6.07, 6.45) is 3.69. The number of carbonyl (C=O) groups excluding carboxylic acids is 1. The number of rotatable bonds is 6. The van der Waals surface area contributed by atoms with Crippen molar-refractivity contribution in [1.82, 2.24) is 24.9 Å². The summed E-state index contributed by atoms with van der Waals surface area (Å²) in [5.41, 5.74) is 0. The zero-order valence-corrected chi connectivity index (χ0v) is 12.5. The average molecular weight is 279 g/mol. The SMILES string of the molecule is CCN1CCN(C(=O)C(C)NCCn2cccn2)CC1. The molecule has 20 heavy (non-hydrogen) atoms. The fourth-order valence-corrected chi connectivity index (χ4v) is 2.47. The van der Waals surface area contributed by atoms with Gasteiger partial charge >= 0.3 is 0 Å². The van der Waals surface area contributed by atoms with Gasteiger partial charge in [-0.25, -0.2) is 0 Å². The van der Waals surface area contributed by atoms with Crippen LogP contribution in [0.4, 0.5) is 0 Å². The zero-order valence-electron chi connectivity index (χ0n) is 12.5. The summed E-state index contributed by atoms with van der Waals surface area (Å²) >= 11 is 0. The molecule has 1 fully saturated rings. The first-order valence-corrected chi connectivity index (χ1v) is 7.42. The van der Waals surface area contributed by atoms with Crippen molar-refractivity contribution in [2.45, 2.75) is 26.4 Å². The van der Waals surface area contributed by atoms with Gasteiger partial charge in [0.2, 0.25) is 5.91 Å². The Labute approximate surface area is 120 Å². The van der Waals surface area contributed by atoms with E-state index in [1.165, 1.54) is 0 Å². The molecule has 6 nitrogen and oxygen atoms in total. The van der Waals surface area contributed by atoms with E-state index in [-0.39, 0.29) is 11.9 Å². The molecule has 2 heterocycles. The first-order valence-electron chi connectivity index (χ1n) is 7.42. The fraction of sp³-hybridized carbons (Fsp3) is 0.714. The van der Waals surface area contributed by atoms with Crippen molar-refractivity contribution >= 4 is 5.91 Å². The Morgan fingerprint density at radius 1 is 1.35 bits per heavy atom. The molecule has 1 aliphatic rings. The van der Waals surface area contributed by atoms with E-state index in [4.69, 9.17) is 0 Å². The Hall–Kier alpha value is -1.40. The van der Waals surface area contributed by atoms with Crippen LogP contribution in [0.5, 0.6) is 0 Å². The maximum absolute atomic E-state index is 12.3. The molecule has 0 bridgehead atoms. The van der Waals surface area contributed by atoms with E-state index >= 15 is 0 Å². The topological polar surface area (TPSA) is 53.4 Å². The van der Waals surface area contributed by atoms with Crippen LogP contribution in [-0.2, 0) is 11.3 Å². The van der Waals surface area contributed by atoms with Gasteiger partial charge in [0.05, 0.1) is 12.6 Å². The summed E-state index contributed by atoms with van der Waals surface area (Å²) in [6, 6.07) is 1.78. The predicted molar refractivity (Wildman–Crippen MR) is 78.4 cm³/mol. The molecule has 1 unspecified atom stereocenters. The van der Waals surface area contributed by atoms with Gasteiger partial charge in [0, 0.05) is 45.1 Å². The van der Waals surface area contributed by atoms with E-state index in [0.717, 1.165) is 45.8 Å². The molecule has 0 radical (unpaired) electrons. The number of likely N-dealkylation sites (N-methyl/N-ethyl adjacent to an activating group) is 1. The van der Waals surface area contributed by atoms with Crippen LogP contribution in [0.3, 0.4) is 0 Å². The third-order valence-corrected chi connectivity index (χ3v) is 3.85. The van der Waals surface area contributed by atoms with Crippen molar-refractivity contribution in [2.75, 3.05) is 39.3 Å². The van der Waals surface area contributed by atoms with E-state index in [0.29, 0.717) is 0 Å². The monoisotopic (exact) mass is 279 g/mol. The largest absolute Gasteiger partial charge is 0.339 e. The van der Waals surface area contributed by atoms with Crippen LogP contribution < -0.4 is 5.32 Å². The van der Waals surface area contributed by atoms with Gasteiger partial charge in [0.1, 0.15) is 0 Å². The first-order chi connectivity index (χ1) is 9.70. The molecule has 0 aliphatic carbocycles. The summed E-state index contributed by atoms with van der Waals surface area (Å²) < 4.78 is 1.87. The maximum atomic E-state index is 12.3. The lowest BCUT2D eigenvalue weighted by molar-refractivity contribution is -0.134. The number of aromatic nitrogens is 2. The van der Waals surface area contributed by atoms with Gasteiger partial charge < -0.3 is 15.1 Å². The lowest BCUT2D eigenvalue weighted by Gasteiger charge is -2.35. The Kier molecular flexibility index (Phi) is 5.55. The first kappa shape index (κ1) is 15.0. The van der Waals surface area contributed by atoms with Crippen molar-refractivity contribution in [3.63, 3.8) is 0 Å². The molecule has 6 heteroatoms. The van der Waals surface area contributed by atoms with Gasteiger partial charge in [-0.2, -0.15) is 5.10 Å². The molecular formula is C14H25N5O. The van der Waals surface area contributed by atoms with Crippen LogP contribution in [0.2, 0.25) is 0 Å². The van der Waals surface area contributed by atoms with Gasteiger partial charge in [-0.15, -0.1) is 0 Å². The minimum Gasteiger partial charge on any atom is -0.339 e. The van der Waals surface area contributed by atoms with Crippen molar-refractivity contribution in [3.05, 3.63) is 18.5 Å². The third-order valence-electron chi connectivity index (χ3n) is 3.85. The predicted octanol–water partition coefficient (Wildman–Crippen LogP) is 0.0253. The minimum atomic E-state index is -0.126. The van der Waals surface area contributed by atoms with Crippen LogP contribution in [-0.4, -0.2) is 70.8 Å². The summed E-state index contributed by atoms with van der Waals surface area (Å²) in [7, 11) is 0. The smallest absolute Gasteiger partial charge is 0.239 e. The quantitative estimate of drug-likeness (QED) is 0.798. The molecule has 112 valence electrons. The molecule has 1 aromatic heterocycles. The number of nitrogens with one attached hydrogen (secondary N) is 1. The Bertz CT molecular complexity index is 398. The molecule has 1 aromatic rings. The molecule has 1 amide bonds. The number of nitrogens with zero attached hydrogens (tertiary/aromatic N) is 4. The zero-order chi connectivity index (χ0) is 14.4. The molecule has 0 saturated carbocycles. The van der Waals surface area contributed by atoms with Gasteiger partial charge in [0.15, 0.2) is 0 Å². The normalized spacial score (nSPS) is 18.2. The second-order valence-electron chi connectivity index (χ2n) is 5.20. The molecule has 1 N–H and O–H groups in total. The van der Waals surface area contributed by atoms with E-state index in [9.17, 15) is 4.79 Å². The minimum absolute atomic E-state index is 0.126. The molecule has 2 rings (SSSR count). The van der Waals surface area contributed by atoms with Gasteiger partial charge in [-0.05, 0) is 19.5 Å². The van der Waals surface area contributed by atoms with Gasteiger partial charge in [0.25, 0.3) is 0 Å². The van der Waals surface area contributed by atoms with Crippen LogP contribution in [0.25, 0.3) is 0 Å². The summed E-state index contributed by atoms with van der Waals surface area (Å²) in [5.74, 6) is 0.209. The molecule has 1 saturated heterocycles. The van der Waals surface area contributed by atoms with Crippen LogP contribution >= 0.6 is 0 Å². The summed E-state index contributed by atoms with van der Waals surface area (Å²) in [6.45, 7) is 10.4. The molecule has 1 atom stereocenters. The second kappa shape index (κ2) is 7.40. The molecular weight excluding hydrogens is 254 g/mol. The molecule has 1 aliphatic heterocycles. The van der Waals surface area contributed by atoms with E-state index in [1.807, 2.05) is 28.8 Å². The van der Waals surface area contributed by atoms with Gasteiger partial charge in [-0.3, -0.25) is 9.48 Å². The third kappa shape index (κ3) is 4.05. The van der Waals surface area contributed by atoms with Crippen LogP contribution in [0, 0.1) is 0 Å². The number of amides is 1. The van der Waals surface area contributed by atoms with Crippen molar-refractivity contribution in [1.29, 1.82) is 0 Å². The fourth-order valence-electron chi connectivity index (χ4n) is 2.47. The van der Waals surface area contributed by atoms with Gasteiger partial charge in [-0.1, -0.05) is 6.92 Å². The highest BCUT2D eigenvalue weighted by atomic mass is 16.2. The highest BCUT2D eigenvalue weighted by molar-refractivity contribution is 5.81. The summed E-state index contributed by atoms with van der Waals surface area (Å²) in [5, 5.41) is 7.42. The number of hydrogen-bond acceptors (Lipinski definition) is 4. The standard InChI is InChI=1S/C14H25N5O/c1-3-17-9-11-18(12-10-17)14(20)13(2)15-6-8-19-7-4-5-16-19/h4-5,7,13,15H,3,6,8-12H2,1-2H3. The Balaban J connectivity index is 1.69.